The van der Waals surface area contributed by atoms with Crippen LogP contribution in [0.4, 0.5) is 16.0 Å². The van der Waals surface area contributed by atoms with Gasteiger partial charge in [0.15, 0.2) is 11.6 Å². The lowest BCUT2D eigenvalue weighted by molar-refractivity contribution is 0.134. The summed E-state index contributed by atoms with van der Waals surface area (Å²) < 4.78 is 21.9. The Bertz CT molecular complexity index is 1240. The molecule has 0 aliphatic heterocycles. The number of hydrogen-bond acceptors (Lipinski definition) is 7. The Hall–Kier alpha value is -3.21. The average Bonchev–Trinajstić information content (AvgIpc) is 2.79. The molecule has 3 aromatic rings. The topological polar surface area (TPSA) is 119 Å². The molecule has 0 bridgehead atoms. The van der Waals surface area contributed by atoms with Gasteiger partial charge in [-0.2, -0.15) is 4.98 Å². The smallest absolute Gasteiger partial charge is 0.354 e. The zero-order chi connectivity index (χ0) is 24.8. The largest absolute Gasteiger partial charge is 0.488 e. The predicted molar refractivity (Wildman–Crippen MR) is 126 cm³/mol. The fourth-order valence-electron chi connectivity index (χ4n) is 3.18. The zero-order valence-corrected chi connectivity index (χ0v) is 19.5. The Balaban J connectivity index is 2.04. The third kappa shape index (κ3) is 6.22. The highest BCUT2D eigenvalue weighted by Crippen LogP contribution is 2.24. The molecule has 0 fully saturated rings. The van der Waals surface area contributed by atoms with Crippen LogP contribution in [-0.4, -0.2) is 43.6 Å². The lowest BCUT2D eigenvalue weighted by atomic mass is 10.2. The number of halogens is 2. The molecule has 34 heavy (non-hydrogen) atoms. The van der Waals surface area contributed by atoms with E-state index in [1.807, 2.05) is 0 Å². The predicted octanol–water partition coefficient (Wildman–Crippen LogP) is 2.38. The molecule has 0 unspecified atom stereocenters. The van der Waals surface area contributed by atoms with Crippen molar-refractivity contribution in [2.24, 2.45) is 5.92 Å². The van der Waals surface area contributed by atoms with E-state index >= 15 is 0 Å². The normalized spacial score (nSPS) is 11.3. The van der Waals surface area contributed by atoms with Crippen LogP contribution >= 0.6 is 11.6 Å². The van der Waals surface area contributed by atoms with Gasteiger partial charge in [0.25, 0.3) is 0 Å². The highest BCUT2D eigenvalue weighted by molar-refractivity contribution is 6.30. The van der Waals surface area contributed by atoms with Crippen LogP contribution in [0.3, 0.4) is 0 Å². The molecule has 0 saturated heterocycles. The second-order valence-electron chi connectivity index (χ2n) is 7.99. The Kier molecular flexibility index (Phi) is 8.43. The van der Waals surface area contributed by atoms with Gasteiger partial charge in [0.2, 0.25) is 5.95 Å². The van der Waals surface area contributed by atoms with Crippen molar-refractivity contribution >= 4 is 23.2 Å². The van der Waals surface area contributed by atoms with Crippen LogP contribution in [-0.2, 0) is 13.1 Å². The third-order valence-electron chi connectivity index (χ3n) is 4.91. The van der Waals surface area contributed by atoms with Gasteiger partial charge in [0.1, 0.15) is 0 Å². The van der Waals surface area contributed by atoms with Crippen LogP contribution < -0.4 is 21.4 Å². The molecule has 1 aromatic heterocycles. The number of aliphatic hydroxyl groups excluding tert-OH is 2. The van der Waals surface area contributed by atoms with Gasteiger partial charge in [0.05, 0.1) is 12.6 Å². The minimum absolute atomic E-state index is 0.0333. The van der Waals surface area contributed by atoms with Crippen molar-refractivity contribution < 1.29 is 19.3 Å². The Morgan fingerprint density at radius 2 is 1.76 bits per heavy atom. The molecular weight excluding hydrogens is 467 g/mol. The third-order valence-corrected chi connectivity index (χ3v) is 5.16. The van der Waals surface area contributed by atoms with E-state index in [4.69, 9.17) is 16.3 Å². The van der Waals surface area contributed by atoms with Crippen LogP contribution in [0.15, 0.2) is 52.1 Å². The number of ether oxygens (including phenoxy) is 1. The molecule has 2 aromatic carbocycles. The first-order valence-corrected chi connectivity index (χ1v) is 11.0. The second kappa shape index (κ2) is 11.3. The number of anilines is 2. The van der Waals surface area contributed by atoms with E-state index in [0.717, 1.165) is 4.57 Å². The molecule has 0 saturated carbocycles. The monoisotopic (exact) mass is 492 g/mol. The summed E-state index contributed by atoms with van der Waals surface area (Å²) in [5.41, 5.74) is -0.614. The van der Waals surface area contributed by atoms with Gasteiger partial charge >= 0.3 is 11.4 Å². The van der Waals surface area contributed by atoms with Gasteiger partial charge in [-0.25, -0.2) is 18.5 Å². The van der Waals surface area contributed by atoms with Crippen LogP contribution in [0.25, 0.3) is 0 Å². The number of aromatic nitrogens is 3. The second-order valence-corrected chi connectivity index (χ2v) is 8.43. The van der Waals surface area contributed by atoms with Gasteiger partial charge in [0, 0.05) is 42.5 Å². The summed E-state index contributed by atoms with van der Waals surface area (Å²) in [5.74, 6) is -1.35. The zero-order valence-electron chi connectivity index (χ0n) is 18.7. The molecular formula is C23H26ClFN4O5. The van der Waals surface area contributed by atoms with E-state index < -0.39 is 36.3 Å². The molecule has 0 atom stereocenters. The molecule has 0 spiro atoms. The number of rotatable bonds is 10. The van der Waals surface area contributed by atoms with Crippen molar-refractivity contribution in [3.63, 3.8) is 0 Å². The summed E-state index contributed by atoms with van der Waals surface area (Å²) in [5, 5.41) is 22.1. The van der Waals surface area contributed by atoms with Gasteiger partial charge in [-0.1, -0.05) is 23.7 Å². The van der Waals surface area contributed by atoms with Crippen molar-refractivity contribution in [2.45, 2.75) is 33.0 Å². The van der Waals surface area contributed by atoms with Gasteiger partial charge in [-0.15, -0.1) is 0 Å². The minimum atomic E-state index is -0.869. The number of nitrogens with zero attached hydrogens (tertiary/aromatic N) is 3. The summed E-state index contributed by atoms with van der Waals surface area (Å²) in [6.07, 6.45) is -0.214. The summed E-state index contributed by atoms with van der Waals surface area (Å²) in [6, 6.07) is 10.9. The first kappa shape index (κ1) is 25.4. The van der Waals surface area contributed by atoms with E-state index in [1.54, 1.807) is 44.2 Å². The fraction of sp³-hybridized carbons (Fsp3) is 0.348. The van der Waals surface area contributed by atoms with Crippen LogP contribution in [0.1, 0.15) is 19.4 Å². The molecule has 0 amide bonds. The summed E-state index contributed by atoms with van der Waals surface area (Å²) >= 11 is 5.95. The van der Waals surface area contributed by atoms with Crippen LogP contribution in [0.5, 0.6) is 5.75 Å². The molecule has 0 aliphatic carbocycles. The standard InChI is InChI=1S/C23H26ClFN4O5/c1-14(2)34-20-8-7-18(9-19(20)25)26-21-27-22(32)29(11-16(12-30)13-31)23(33)28(21)10-15-3-5-17(24)6-4-15/h3-9,14,16,30-31H,10-13H2,1-2H3,(H,26,27,32). The number of hydrogen-bond donors (Lipinski definition) is 3. The maximum Gasteiger partial charge on any atom is 0.354 e. The lowest BCUT2D eigenvalue weighted by Crippen LogP contribution is -2.44. The van der Waals surface area contributed by atoms with Gasteiger partial charge < -0.3 is 20.3 Å². The van der Waals surface area contributed by atoms with Gasteiger partial charge in [-0.05, 0) is 43.7 Å². The van der Waals surface area contributed by atoms with Crippen molar-refractivity contribution in [3.8, 4) is 5.75 Å². The highest BCUT2D eigenvalue weighted by Gasteiger charge is 2.18. The quantitative estimate of drug-likeness (QED) is 0.397. The SMILES string of the molecule is CC(C)Oc1ccc(Nc2nc(=O)n(CC(CO)CO)c(=O)n2Cc2ccc(Cl)cc2)cc1F. The van der Waals surface area contributed by atoms with E-state index in [9.17, 15) is 24.2 Å². The molecule has 1 heterocycles. The first-order chi connectivity index (χ1) is 16.2. The van der Waals surface area contributed by atoms with Crippen molar-refractivity contribution in [1.82, 2.24) is 14.1 Å². The summed E-state index contributed by atoms with van der Waals surface area (Å²) in [7, 11) is 0. The molecule has 3 N–H and O–H groups in total. The number of nitrogens with one attached hydrogen (secondary N) is 1. The maximum absolute atomic E-state index is 14.5. The molecule has 11 heteroatoms. The molecule has 0 radical (unpaired) electrons. The molecule has 9 nitrogen and oxygen atoms in total. The lowest BCUT2D eigenvalue weighted by Gasteiger charge is -2.18. The Morgan fingerprint density at radius 1 is 1.09 bits per heavy atom. The van der Waals surface area contributed by atoms with Crippen LogP contribution in [0.2, 0.25) is 5.02 Å². The molecule has 0 aliphatic rings. The highest BCUT2D eigenvalue weighted by atomic mass is 35.5. The number of aliphatic hydroxyl groups is 2. The van der Waals surface area contributed by atoms with Crippen molar-refractivity contribution in [2.75, 3.05) is 18.5 Å². The Labute approximate surface area is 200 Å². The van der Waals surface area contributed by atoms with E-state index in [-0.39, 0.29) is 36.6 Å². The van der Waals surface area contributed by atoms with E-state index in [2.05, 4.69) is 10.3 Å². The van der Waals surface area contributed by atoms with E-state index in [0.29, 0.717) is 10.6 Å². The van der Waals surface area contributed by atoms with Crippen molar-refractivity contribution in [3.05, 3.63) is 79.8 Å². The summed E-state index contributed by atoms with van der Waals surface area (Å²) in [4.78, 5) is 29.9. The maximum atomic E-state index is 14.5. The molecule has 182 valence electrons. The first-order valence-electron chi connectivity index (χ1n) is 10.6. The van der Waals surface area contributed by atoms with E-state index in [1.165, 1.54) is 16.7 Å². The average molecular weight is 493 g/mol. The van der Waals surface area contributed by atoms with Gasteiger partial charge in [-0.3, -0.25) is 4.57 Å². The fourth-order valence-corrected chi connectivity index (χ4v) is 3.31. The number of benzene rings is 2. The van der Waals surface area contributed by atoms with Crippen LogP contribution in [0, 0.1) is 11.7 Å². The minimum Gasteiger partial charge on any atom is -0.488 e. The summed E-state index contributed by atoms with van der Waals surface area (Å²) in [6.45, 7) is 2.55. The molecule has 3 rings (SSSR count). The van der Waals surface area contributed by atoms with Crippen molar-refractivity contribution in [1.29, 1.82) is 0 Å². The Morgan fingerprint density at radius 3 is 2.35 bits per heavy atom.